The molecule has 0 unspecified atom stereocenters. The summed E-state index contributed by atoms with van der Waals surface area (Å²) in [6, 6.07) is 9.85. The summed E-state index contributed by atoms with van der Waals surface area (Å²) in [5, 5.41) is 4.19. The third kappa shape index (κ3) is 1.69. The van der Waals surface area contributed by atoms with Crippen LogP contribution in [0.3, 0.4) is 0 Å². The van der Waals surface area contributed by atoms with E-state index in [4.69, 9.17) is 0 Å². The average Bonchev–Trinajstić information content (AvgIpc) is 2.52. The maximum absolute atomic E-state index is 4.19. The summed E-state index contributed by atoms with van der Waals surface area (Å²) >= 11 is 6.89. The Morgan fingerprint density at radius 3 is 2.46 bits per heavy atom. The van der Waals surface area contributed by atoms with E-state index >= 15 is 0 Å². The lowest BCUT2D eigenvalue weighted by Gasteiger charge is -2.04. The molecule has 2 aromatic rings. The van der Waals surface area contributed by atoms with Crippen LogP contribution in [0.25, 0.3) is 5.69 Å². The maximum Gasteiger partial charge on any atom is 0.109 e. The van der Waals surface area contributed by atoms with E-state index in [1.165, 1.54) is 0 Å². The van der Waals surface area contributed by atoms with Gasteiger partial charge in [-0.25, -0.2) is 4.68 Å². The predicted molar refractivity (Wildman–Crippen MR) is 59.0 cm³/mol. The summed E-state index contributed by atoms with van der Waals surface area (Å²) in [4.78, 5) is 0. The van der Waals surface area contributed by atoms with Crippen LogP contribution in [0.15, 0.2) is 45.6 Å². The van der Waals surface area contributed by atoms with Crippen LogP contribution in [0.1, 0.15) is 0 Å². The van der Waals surface area contributed by atoms with Crippen molar-refractivity contribution in [3.05, 3.63) is 45.6 Å². The van der Waals surface area contributed by atoms with Crippen molar-refractivity contribution in [2.24, 2.45) is 0 Å². The van der Waals surface area contributed by atoms with E-state index in [-0.39, 0.29) is 0 Å². The zero-order valence-corrected chi connectivity index (χ0v) is 9.79. The van der Waals surface area contributed by atoms with Crippen LogP contribution < -0.4 is 0 Å². The minimum absolute atomic E-state index is 0.944. The van der Waals surface area contributed by atoms with Crippen molar-refractivity contribution < 1.29 is 0 Å². The van der Waals surface area contributed by atoms with Gasteiger partial charge in [-0.05, 0) is 50.1 Å². The third-order valence-electron chi connectivity index (χ3n) is 1.68. The van der Waals surface area contributed by atoms with Crippen molar-refractivity contribution in [3.63, 3.8) is 0 Å². The van der Waals surface area contributed by atoms with Crippen molar-refractivity contribution in [1.82, 2.24) is 9.78 Å². The van der Waals surface area contributed by atoms with Crippen LogP contribution in [0.2, 0.25) is 0 Å². The Balaban J connectivity index is 2.59. The van der Waals surface area contributed by atoms with Crippen molar-refractivity contribution >= 4 is 31.9 Å². The van der Waals surface area contributed by atoms with E-state index in [9.17, 15) is 0 Å². The molecule has 2 nitrogen and oxygen atoms in total. The Labute approximate surface area is 92.8 Å². The Hall–Kier alpha value is -0.610. The first-order valence-corrected chi connectivity index (χ1v) is 5.32. The molecule has 0 atom stereocenters. The quantitative estimate of drug-likeness (QED) is 0.789. The Kier molecular flexibility index (Phi) is 2.51. The topological polar surface area (TPSA) is 17.8 Å². The summed E-state index contributed by atoms with van der Waals surface area (Å²) < 4.78 is 3.79. The molecule has 1 aromatic heterocycles. The number of halogens is 2. The van der Waals surface area contributed by atoms with Crippen LogP contribution in [0.5, 0.6) is 0 Å². The van der Waals surface area contributed by atoms with Crippen molar-refractivity contribution in [2.75, 3.05) is 0 Å². The molecule has 0 aliphatic rings. The molecule has 0 N–H and O–H groups in total. The average molecular weight is 302 g/mol. The molecule has 0 amide bonds. The molecular formula is C9H6Br2N2. The highest BCUT2D eigenvalue weighted by atomic mass is 79.9. The molecule has 1 heterocycles. The van der Waals surface area contributed by atoms with Gasteiger partial charge in [-0.1, -0.05) is 12.1 Å². The van der Waals surface area contributed by atoms with Gasteiger partial charge in [0.15, 0.2) is 0 Å². The van der Waals surface area contributed by atoms with E-state index in [0.29, 0.717) is 0 Å². The van der Waals surface area contributed by atoms with E-state index in [2.05, 4.69) is 37.0 Å². The van der Waals surface area contributed by atoms with Gasteiger partial charge in [0, 0.05) is 4.47 Å². The molecule has 2 rings (SSSR count). The second-order valence-electron chi connectivity index (χ2n) is 2.52. The molecule has 0 radical (unpaired) electrons. The van der Waals surface area contributed by atoms with E-state index in [1.54, 1.807) is 6.20 Å². The lowest BCUT2D eigenvalue weighted by Crippen LogP contribution is -1.96. The van der Waals surface area contributed by atoms with Gasteiger partial charge in [0.1, 0.15) is 4.60 Å². The number of rotatable bonds is 1. The lowest BCUT2D eigenvalue weighted by molar-refractivity contribution is 0.857. The van der Waals surface area contributed by atoms with Gasteiger partial charge in [0.2, 0.25) is 0 Å². The first-order valence-electron chi connectivity index (χ1n) is 3.73. The molecule has 0 saturated heterocycles. The van der Waals surface area contributed by atoms with Crippen molar-refractivity contribution in [2.45, 2.75) is 0 Å². The zero-order valence-electron chi connectivity index (χ0n) is 6.61. The van der Waals surface area contributed by atoms with Crippen LogP contribution in [-0.4, -0.2) is 9.78 Å². The number of hydrogen-bond donors (Lipinski definition) is 0. The number of aromatic nitrogens is 2. The number of nitrogens with zero attached hydrogens (tertiary/aromatic N) is 2. The Morgan fingerprint density at radius 1 is 1.08 bits per heavy atom. The van der Waals surface area contributed by atoms with Gasteiger partial charge < -0.3 is 0 Å². The predicted octanol–water partition coefficient (Wildman–Crippen LogP) is 3.40. The fourth-order valence-electron chi connectivity index (χ4n) is 1.09. The maximum atomic E-state index is 4.19. The first-order chi connectivity index (χ1) is 6.29. The van der Waals surface area contributed by atoms with Gasteiger partial charge in [-0.3, -0.25) is 0 Å². The first kappa shape index (κ1) is 8.97. The van der Waals surface area contributed by atoms with Gasteiger partial charge in [0.25, 0.3) is 0 Å². The summed E-state index contributed by atoms with van der Waals surface area (Å²) in [5.41, 5.74) is 1.03. The molecule has 0 saturated carbocycles. The Bertz CT molecular complexity index is 423. The second kappa shape index (κ2) is 3.64. The molecule has 0 aliphatic heterocycles. The van der Waals surface area contributed by atoms with Crippen LogP contribution in [-0.2, 0) is 0 Å². The summed E-state index contributed by atoms with van der Waals surface area (Å²) in [6.45, 7) is 0. The van der Waals surface area contributed by atoms with E-state index in [1.807, 2.05) is 35.0 Å². The molecule has 0 fully saturated rings. The summed E-state index contributed by atoms with van der Waals surface area (Å²) in [6.07, 6.45) is 1.75. The monoisotopic (exact) mass is 300 g/mol. The van der Waals surface area contributed by atoms with Gasteiger partial charge >= 0.3 is 0 Å². The summed E-state index contributed by atoms with van der Waals surface area (Å²) in [7, 11) is 0. The fraction of sp³-hybridized carbons (Fsp3) is 0. The standard InChI is InChI=1S/C9H6Br2N2/c10-7-3-1-2-4-8(7)13-9(11)5-6-12-13/h1-6H. The molecule has 0 spiro atoms. The second-order valence-corrected chi connectivity index (χ2v) is 4.18. The largest absolute Gasteiger partial charge is 0.226 e. The normalized spacial score (nSPS) is 10.3. The molecule has 0 aliphatic carbocycles. The summed E-state index contributed by atoms with van der Waals surface area (Å²) in [5.74, 6) is 0. The number of hydrogen-bond acceptors (Lipinski definition) is 1. The van der Waals surface area contributed by atoms with E-state index in [0.717, 1.165) is 14.8 Å². The van der Waals surface area contributed by atoms with Crippen molar-refractivity contribution in [3.8, 4) is 5.69 Å². The third-order valence-corrected chi connectivity index (χ3v) is 2.95. The van der Waals surface area contributed by atoms with Crippen molar-refractivity contribution in [1.29, 1.82) is 0 Å². The molecule has 4 heteroatoms. The minimum atomic E-state index is 0.944. The van der Waals surface area contributed by atoms with Crippen LogP contribution in [0.4, 0.5) is 0 Å². The van der Waals surface area contributed by atoms with E-state index < -0.39 is 0 Å². The lowest BCUT2D eigenvalue weighted by atomic mass is 10.3. The zero-order chi connectivity index (χ0) is 9.26. The number of para-hydroxylation sites is 1. The molecule has 13 heavy (non-hydrogen) atoms. The highest BCUT2D eigenvalue weighted by Gasteiger charge is 2.04. The van der Waals surface area contributed by atoms with Crippen LogP contribution in [0, 0.1) is 0 Å². The highest BCUT2D eigenvalue weighted by molar-refractivity contribution is 9.11. The molecular weight excluding hydrogens is 296 g/mol. The minimum Gasteiger partial charge on any atom is -0.226 e. The van der Waals surface area contributed by atoms with Gasteiger partial charge in [-0.15, -0.1) is 0 Å². The SMILES string of the molecule is Brc1ccccc1-n1nccc1Br. The fourth-order valence-corrected chi connectivity index (χ4v) is 1.94. The van der Waals surface area contributed by atoms with Crippen LogP contribution >= 0.6 is 31.9 Å². The molecule has 0 bridgehead atoms. The number of benzene rings is 1. The molecule has 66 valence electrons. The van der Waals surface area contributed by atoms with Gasteiger partial charge in [0.05, 0.1) is 11.9 Å². The highest BCUT2D eigenvalue weighted by Crippen LogP contribution is 2.23. The molecule has 1 aromatic carbocycles. The van der Waals surface area contributed by atoms with Gasteiger partial charge in [-0.2, -0.15) is 5.10 Å². The smallest absolute Gasteiger partial charge is 0.109 e. The Morgan fingerprint density at radius 2 is 1.85 bits per heavy atom.